The van der Waals surface area contributed by atoms with E-state index < -0.39 is 6.04 Å². The van der Waals surface area contributed by atoms with E-state index in [0.717, 1.165) is 29.4 Å². The summed E-state index contributed by atoms with van der Waals surface area (Å²) >= 11 is 0. The van der Waals surface area contributed by atoms with Gasteiger partial charge in [0.05, 0.1) is 17.6 Å². The molecule has 5 nitrogen and oxygen atoms in total. The minimum Gasteiger partial charge on any atom is -0.371 e. The molecular formula is C16H15N3O2. The molecule has 1 aromatic carbocycles. The molecule has 2 heterocycles. The summed E-state index contributed by atoms with van der Waals surface area (Å²) in [5, 5.41) is 4.21. The molecule has 1 N–H and O–H groups in total. The highest BCUT2D eigenvalue weighted by atomic mass is 16.2. The standard InChI is InChI=1S/C16H15N3O2/c20-14-9-13(16(21)19(14)11-6-7-11)18-12-5-1-3-10-4-2-8-17-15(10)12/h1-5,8,11,13,18H,6-7,9H2. The molecule has 1 aliphatic heterocycles. The highest BCUT2D eigenvalue weighted by molar-refractivity contribution is 6.08. The van der Waals surface area contributed by atoms with Crippen molar-refractivity contribution in [2.75, 3.05) is 5.32 Å². The summed E-state index contributed by atoms with van der Waals surface area (Å²) in [6.45, 7) is 0. The van der Waals surface area contributed by atoms with Gasteiger partial charge in [-0.25, -0.2) is 0 Å². The monoisotopic (exact) mass is 281 g/mol. The second-order valence-corrected chi connectivity index (χ2v) is 5.61. The van der Waals surface area contributed by atoms with Gasteiger partial charge in [-0.15, -0.1) is 0 Å². The number of benzene rings is 1. The van der Waals surface area contributed by atoms with Crippen LogP contribution in [0.2, 0.25) is 0 Å². The molecule has 1 saturated carbocycles. The van der Waals surface area contributed by atoms with E-state index in [1.54, 1.807) is 6.20 Å². The summed E-state index contributed by atoms with van der Waals surface area (Å²) in [6, 6.07) is 9.33. The molecule has 106 valence electrons. The molecule has 2 aliphatic rings. The van der Waals surface area contributed by atoms with Gasteiger partial charge >= 0.3 is 0 Å². The zero-order valence-corrected chi connectivity index (χ0v) is 11.5. The van der Waals surface area contributed by atoms with Gasteiger partial charge in [-0.3, -0.25) is 19.5 Å². The number of pyridine rings is 1. The van der Waals surface area contributed by atoms with Crippen LogP contribution in [0, 0.1) is 0 Å². The molecule has 1 aliphatic carbocycles. The van der Waals surface area contributed by atoms with E-state index in [-0.39, 0.29) is 24.3 Å². The van der Waals surface area contributed by atoms with Gasteiger partial charge in [0.15, 0.2) is 0 Å². The molecule has 1 saturated heterocycles. The van der Waals surface area contributed by atoms with Gasteiger partial charge in [0.25, 0.3) is 5.91 Å². The lowest BCUT2D eigenvalue weighted by Gasteiger charge is -2.16. The maximum absolute atomic E-state index is 12.4. The third kappa shape index (κ3) is 2.05. The van der Waals surface area contributed by atoms with Crippen LogP contribution in [0.15, 0.2) is 36.5 Å². The van der Waals surface area contributed by atoms with Crippen LogP contribution in [0.25, 0.3) is 10.9 Å². The summed E-state index contributed by atoms with van der Waals surface area (Å²) in [5.74, 6) is -0.163. The number of rotatable bonds is 3. The predicted octanol–water partition coefficient (Wildman–Crippen LogP) is 1.94. The molecule has 0 spiro atoms. The highest BCUT2D eigenvalue weighted by Crippen LogP contribution is 2.33. The van der Waals surface area contributed by atoms with Crippen LogP contribution >= 0.6 is 0 Å². The molecule has 0 bridgehead atoms. The van der Waals surface area contributed by atoms with E-state index in [2.05, 4.69) is 10.3 Å². The van der Waals surface area contributed by atoms with Crippen molar-refractivity contribution in [2.24, 2.45) is 0 Å². The van der Waals surface area contributed by atoms with Gasteiger partial charge in [-0.2, -0.15) is 0 Å². The van der Waals surface area contributed by atoms with Crippen LogP contribution in [0.1, 0.15) is 19.3 Å². The fourth-order valence-corrected chi connectivity index (χ4v) is 2.89. The average Bonchev–Trinajstić information content (AvgIpc) is 3.27. The highest BCUT2D eigenvalue weighted by Gasteiger charge is 2.46. The topological polar surface area (TPSA) is 62.3 Å². The number of nitrogens with one attached hydrogen (secondary N) is 1. The van der Waals surface area contributed by atoms with Gasteiger partial charge in [-0.1, -0.05) is 18.2 Å². The molecule has 5 heteroatoms. The number of imide groups is 1. The van der Waals surface area contributed by atoms with Crippen molar-refractivity contribution in [3.8, 4) is 0 Å². The smallest absolute Gasteiger partial charge is 0.252 e. The van der Waals surface area contributed by atoms with Gasteiger partial charge in [0, 0.05) is 17.6 Å². The first-order chi connectivity index (χ1) is 10.2. The number of para-hydroxylation sites is 1. The Morgan fingerprint density at radius 2 is 1.95 bits per heavy atom. The number of fused-ring (bicyclic) bond motifs is 1. The number of hydrogen-bond acceptors (Lipinski definition) is 4. The predicted molar refractivity (Wildman–Crippen MR) is 78.6 cm³/mol. The first-order valence-electron chi connectivity index (χ1n) is 7.20. The molecule has 0 radical (unpaired) electrons. The van der Waals surface area contributed by atoms with Crippen molar-refractivity contribution in [3.63, 3.8) is 0 Å². The van der Waals surface area contributed by atoms with Crippen molar-refractivity contribution in [2.45, 2.75) is 31.3 Å². The Hall–Kier alpha value is -2.43. The van der Waals surface area contributed by atoms with Crippen LogP contribution in [0.4, 0.5) is 5.69 Å². The van der Waals surface area contributed by atoms with Gasteiger partial charge < -0.3 is 5.32 Å². The third-order valence-corrected chi connectivity index (χ3v) is 4.06. The lowest BCUT2D eigenvalue weighted by Crippen LogP contribution is -2.36. The van der Waals surface area contributed by atoms with Gasteiger partial charge in [0.1, 0.15) is 6.04 Å². The van der Waals surface area contributed by atoms with Gasteiger partial charge in [-0.05, 0) is 25.0 Å². The van der Waals surface area contributed by atoms with Crippen molar-refractivity contribution in [1.82, 2.24) is 9.88 Å². The van der Waals surface area contributed by atoms with Gasteiger partial charge in [0.2, 0.25) is 5.91 Å². The Balaban J connectivity index is 1.63. The SMILES string of the molecule is O=C1CC(Nc2cccc3cccnc23)C(=O)N1C1CC1. The summed E-state index contributed by atoms with van der Waals surface area (Å²) in [7, 11) is 0. The quantitative estimate of drug-likeness (QED) is 0.873. The van der Waals surface area contributed by atoms with Crippen molar-refractivity contribution < 1.29 is 9.59 Å². The lowest BCUT2D eigenvalue weighted by molar-refractivity contribution is -0.139. The molecular weight excluding hydrogens is 266 g/mol. The number of aromatic nitrogens is 1. The summed E-state index contributed by atoms with van der Waals surface area (Å²) in [6.07, 6.45) is 3.85. The molecule has 2 aromatic rings. The van der Waals surface area contributed by atoms with Crippen LogP contribution in [0.5, 0.6) is 0 Å². The Kier molecular flexibility index (Phi) is 2.67. The minimum atomic E-state index is -0.467. The molecule has 1 unspecified atom stereocenters. The van der Waals surface area contributed by atoms with Crippen LogP contribution in [-0.4, -0.2) is 33.8 Å². The van der Waals surface area contributed by atoms with Crippen molar-refractivity contribution >= 4 is 28.4 Å². The van der Waals surface area contributed by atoms with E-state index in [1.165, 1.54) is 4.90 Å². The van der Waals surface area contributed by atoms with Crippen LogP contribution in [-0.2, 0) is 9.59 Å². The number of anilines is 1. The number of likely N-dealkylation sites (tertiary alicyclic amines) is 1. The maximum atomic E-state index is 12.4. The van der Waals surface area contributed by atoms with E-state index in [9.17, 15) is 9.59 Å². The first kappa shape index (κ1) is 12.3. The Labute approximate surface area is 122 Å². The zero-order valence-electron chi connectivity index (χ0n) is 11.5. The Morgan fingerprint density at radius 1 is 1.14 bits per heavy atom. The minimum absolute atomic E-state index is 0.0619. The van der Waals surface area contributed by atoms with Crippen LogP contribution in [0.3, 0.4) is 0 Å². The largest absolute Gasteiger partial charge is 0.371 e. The fraction of sp³-hybridized carbons (Fsp3) is 0.312. The second kappa shape index (κ2) is 4.55. The van der Waals surface area contributed by atoms with Crippen molar-refractivity contribution in [1.29, 1.82) is 0 Å². The Bertz CT molecular complexity index is 734. The number of carbonyl (C=O) groups is 2. The third-order valence-electron chi connectivity index (χ3n) is 4.06. The second-order valence-electron chi connectivity index (χ2n) is 5.61. The lowest BCUT2D eigenvalue weighted by atomic mass is 10.1. The maximum Gasteiger partial charge on any atom is 0.252 e. The molecule has 1 atom stereocenters. The van der Waals surface area contributed by atoms with E-state index >= 15 is 0 Å². The fourth-order valence-electron chi connectivity index (χ4n) is 2.89. The number of carbonyl (C=O) groups excluding carboxylic acids is 2. The molecule has 2 fully saturated rings. The number of amides is 2. The van der Waals surface area contributed by atoms with Crippen molar-refractivity contribution in [3.05, 3.63) is 36.5 Å². The summed E-state index contributed by atoms with van der Waals surface area (Å²) in [5.41, 5.74) is 1.63. The number of nitrogens with zero attached hydrogens (tertiary/aromatic N) is 2. The average molecular weight is 281 g/mol. The molecule has 4 rings (SSSR count). The summed E-state index contributed by atoms with van der Waals surface area (Å²) in [4.78, 5) is 30.1. The summed E-state index contributed by atoms with van der Waals surface area (Å²) < 4.78 is 0. The molecule has 21 heavy (non-hydrogen) atoms. The zero-order chi connectivity index (χ0) is 14.4. The normalized spacial score (nSPS) is 22.1. The first-order valence-corrected chi connectivity index (χ1v) is 7.20. The van der Waals surface area contributed by atoms with Crippen LogP contribution < -0.4 is 5.32 Å². The van der Waals surface area contributed by atoms with E-state index in [1.807, 2.05) is 30.3 Å². The molecule has 2 amide bonds. The van der Waals surface area contributed by atoms with E-state index in [0.29, 0.717) is 0 Å². The van der Waals surface area contributed by atoms with E-state index in [4.69, 9.17) is 0 Å². The number of hydrogen-bond donors (Lipinski definition) is 1. The molecule has 1 aromatic heterocycles. The Morgan fingerprint density at radius 3 is 2.76 bits per heavy atom.